The highest BCUT2D eigenvalue weighted by Crippen LogP contribution is 2.35. The van der Waals surface area contributed by atoms with Crippen LogP contribution in [0.25, 0.3) is 0 Å². The summed E-state index contributed by atoms with van der Waals surface area (Å²) in [4.78, 5) is 4.70. The standard InChI is InChI=1S/C17H29N3O/c1-13(2)17-12-20(9-5-8-19(3)4)15-7-6-14(11-18)10-16(15)21-17/h6-7,10,13,17H,5,8-9,11-12,18H2,1-4H3. The number of benzene rings is 1. The molecule has 2 rings (SSSR count). The van der Waals surface area contributed by atoms with E-state index < -0.39 is 0 Å². The molecule has 0 spiro atoms. The van der Waals surface area contributed by atoms with Crippen LogP contribution in [0.1, 0.15) is 25.8 Å². The summed E-state index contributed by atoms with van der Waals surface area (Å²) in [5, 5.41) is 0. The molecule has 0 saturated heterocycles. The topological polar surface area (TPSA) is 41.7 Å². The molecule has 1 aliphatic heterocycles. The molecule has 1 aromatic carbocycles. The van der Waals surface area contributed by atoms with Gasteiger partial charge in [0.15, 0.2) is 0 Å². The Kier molecular flexibility index (Phi) is 5.48. The second-order valence-corrected chi connectivity index (χ2v) is 6.51. The highest BCUT2D eigenvalue weighted by molar-refractivity contribution is 5.61. The van der Waals surface area contributed by atoms with Crippen molar-refractivity contribution in [3.05, 3.63) is 23.8 Å². The Bertz CT molecular complexity index is 459. The summed E-state index contributed by atoms with van der Waals surface area (Å²) >= 11 is 0. The van der Waals surface area contributed by atoms with Gasteiger partial charge in [0.05, 0.1) is 12.2 Å². The second-order valence-electron chi connectivity index (χ2n) is 6.51. The van der Waals surface area contributed by atoms with E-state index in [2.05, 4.69) is 55.9 Å². The van der Waals surface area contributed by atoms with Crippen LogP contribution >= 0.6 is 0 Å². The summed E-state index contributed by atoms with van der Waals surface area (Å²) in [6.45, 7) is 8.16. The number of hydrogen-bond acceptors (Lipinski definition) is 4. The van der Waals surface area contributed by atoms with Crippen molar-refractivity contribution in [1.82, 2.24) is 4.90 Å². The molecule has 4 heteroatoms. The summed E-state index contributed by atoms with van der Waals surface area (Å²) in [6.07, 6.45) is 1.42. The molecule has 0 fully saturated rings. The Hall–Kier alpha value is -1.26. The average molecular weight is 291 g/mol. The minimum atomic E-state index is 0.255. The maximum atomic E-state index is 6.19. The molecule has 1 heterocycles. The molecule has 0 aliphatic carbocycles. The zero-order valence-corrected chi connectivity index (χ0v) is 13.8. The molecule has 0 aromatic heterocycles. The first kappa shape index (κ1) is 16.1. The number of fused-ring (bicyclic) bond motifs is 1. The molecular weight excluding hydrogens is 262 g/mol. The molecule has 4 nitrogen and oxygen atoms in total. The van der Waals surface area contributed by atoms with E-state index >= 15 is 0 Å². The van der Waals surface area contributed by atoms with Crippen molar-refractivity contribution in [2.24, 2.45) is 11.7 Å². The van der Waals surface area contributed by atoms with Crippen molar-refractivity contribution in [3.63, 3.8) is 0 Å². The van der Waals surface area contributed by atoms with Crippen molar-refractivity contribution in [2.75, 3.05) is 38.6 Å². The van der Waals surface area contributed by atoms with Crippen LogP contribution in [0, 0.1) is 5.92 Å². The third-order valence-corrected chi connectivity index (χ3v) is 4.06. The lowest BCUT2D eigenvalue weighted by atomic mass is 10.0. The number of nitrogens with two attached hydrogens (primary N) is 1. The van der Waals surface area contributed by atoms with Crippen LogP contribution in [0.4, 0.5) is 5.69 Å². The van der Waals surface area contributed by atoms with Crippen LogP contribution in [0.2, 0.25) is 0 Å². The molecule has 1 unspecified atom stereocenters. The van der Waals surface area contributed by atoms with Crippen molar-refractivity contribution in [1.29, 1.82) is 0 Å². The highest BCUT2D eigenvalue weighted by Gasteiger charge is 2.27. The lowest BCUT2D eigenvalue weighted by Crippen LogP contribution is -2.43. The molecular formula is C17H29N3O. The van der Waals surface area contributed by atoms with Crippen LogP contribution in [0.15, 0.2) is 18.2 Å². The average Bonchev–Trinajstić information content (AvgIpc) is 2.45. The maximum absolute atomic E-state index is 6.19. The van der Waals surface area contributed by atoms with E-state index in [4.69, 9.17) is 10.5 Å². The lowest BCUT2D eigenvalue weighted by molar-refractivity contribution is 0.145. The van der Waals surface area contributed by atoms with Crippen molar-refractivity contribution >= 4 is 5.69 Å². The maximum Gasteiger partial charge on any atom is 0.143 e. The quantitative estimate of drug-likeness (QED) is 0.873. The molecule has 0 amide bonds. The summed E-state index contributed by atoms with van der Waals surface area (Å²) < 4.78 is 6.19. The zero-order chi connectivity index (χ0) is 15.4. The van der Waals surface area contributed by atoms with Gasteiger partial charge in [0.2, 0.25) is 0 Å². The van der Waals surface area contributed by atoms with E-state index in [1.165, 1.54) is 5.69 Å². The van der Waals surface area contributed by atoms with E-state index in [1.807, 2.05) is 0 Å². The van der Waals surface area contributed by atoms with Crippen LogP contribution in [0.3, 0.4) is 0 Å². The molecule has 1 atom stereocenters. The van der Waals surface area contributed by atoms with E-state index in [1.54, 1.807) is 0 Å². The van der Waals surface area contributed by atoms with Gasteiger partial charge in [0.1, 0.15) is 11.9 Å². The number of rotatable bonds is 6. The van der Waals surface area contributed by atoms with Gasteiger partial charge in [0.25, 0.3) is 0 Å². The predicted molar refractivity (Wildman–Crippen MR) is 89.0 cm³/mol. The first-order valence-electron chi connectivity index (χ1n) is 7.90. The van der Waals surface area contributed by atoms with Gasteiger partial charge in [-0.15, -0.1) is 0 Å². The molecule has 118 valence electrons. The van der Waals surface area contributed by atoms with Crippen LogP contribution < -0.4 is 15.4 Å². The van der Waals surface area contributed by atoms with Crippen molar-refractivity contribution in [2.45, 2.75) is 32.9 Å². The van der Waals surface area contributed by atoms with Gasteiger partial charge < -0.3 is 20.3 Å². The first-order chi connectivity index (χ1) is 10.0. The zero-order valence-electron chi connectivity index (χ0n) is 13.8. The Balaban J connectivity index is 2.16. The Morgan fingerprint density at radius 3 is 2.76 bits per heavy atom. The molecule has 2 N–H and O–H groups in total. The monoisotopic (exact) mass is 291 g/mol. The van der Waals surface area contributed by atoms with Gasteiger partial charge in [-0.05, 0) is 50.7 Å². The molecule has 0 bridgehead atoms. The van der Waals surface area contributed by atoms with Crippen molar-refractivity contribution < 1.29 is 4.74 Å². The van der Waals surface area contributed by atoms with E-state index in [-0.39, 0.29) is 6.10 Å². The molecule has 0 radical (unpaired) electrons. The van der Waals surface area contributed by atoms with Gasteiger partial charge >= 0.3 is 0 Å². The van der Waals surface area contributed by atoms with E-state index in [0.29, 0.717) is 12.5 Å². The molecule has 1 aliphatic rings. The van der Waals surface area contributed by atoms with Crippen LogP contribution in [-0.2, 0) is 6.54 Å². The Morgan fingerprint density at radius 2 is 2.14 bits per heavy atom. The summed E-state index contributed by atoms with van der Waals surface area (Å²) in [7, 11) is 4.25. The third kappa shape index (κ3) is 4.11. The van der Waals surface area contributed by atoms with Gasteiger partial charge in [-0.3, -0.25) is 0 Å². The predicted octanol–water partition coefficient (Wildman–Crippen LogP) is 2.32. The van der Waals surface area contributed by atoms with E-state index in [9.17, 15) is 0 Å². The third-order valence-electron chi connectivity index (χ3n) is 4.06. The largest absolute Gasteiger partial charge is 0.486 e. The van der Waals surface area contributed by atoms with Gasteiger partial charge in [-0.1, -0.05) is 19.9 Å². The molecule has 21 heavy (non-hydrogen) atoms. The number of nitrogens with zero attached hydrogens (tertiary/aromatic N) is 2. The minimum absolute atomic E-state index is 0.255. The lowest BCUT2D eigenvalue weighted by Gasteiger charge is -2.38. The van der Waals surface area contributed by atoms with Gasteiger partial charge in [-0.2, -0.15) is 0 Å². The number of anilines is 1. The summed E-state index contributed by atoms with van der Waals surface area (Å²) in [6, 6.07) is 6.36. The second kappa shape index (κ2) is 7.14. The van der Waals surface area contributed by atoms with Gasteiger partial charge in [-0.25, -0.2) is 0 Å². The fraction of sp³-hybridized carbons (Fsp3) is 0.647. The first-order valence-corrected chi connectivity index (χ1v) is 7.90. The summed E-state index contributed by atoms with van der Waals surface area (Å²) in [5.74, 6) is 1.50. The number of hydrogen-bond donors (Lipinski definition) is 1. The highest BCUT2D eigenvalue weighted by atomic mass is 16.5. The number of ether oxygens (including phenoxy) is 1. The minimum Gasteiger partial charge on any atom is -0.486 e. The fourth-order valence-corrected chi connectivity index (χ4v) is 2.69. The normalized spacial score (nSPS) is 18.0. The smallest absolute Gasteiger partial charge is 0.143 e. The summed E-state index contributed by atoms with van der Waals surface area (Å²) in [5.41, 5.74) is 8.09. The molecule has 1 aromatic rings. The molecule has 0 saturated carbocycles. The van der Waals surface area contributed by atoms with Crippen LogP contribution in [0.5, 0.6) is 5.75 Å². The fourth-order valence-electron chi connectivity index (χ4n) is 2.69. The van der Waals surface area contributed by atoms with E-state index in [0.717, 1.165) is 37.4 Å². The Morgan fingerprint density at radius 1 is 1.38 bits per heavy atom. The Labute approximate surface area is 128 Å². The SMILES string of the molecule is CC(C)C1CN(CCCN(C)C)c2ccc(CN)cc2O1. The van der Waals surface area contributed by atoms with Crippen molar-refractivity contribution in [3.8, 4) is 5.75 Å². The van der Waals surface area contributed by atoms with Gasteiger partial charge in [0, 0.05) is 13.1 Å². The van der Waals surface area contributed by atoms with Crippen LogP contribution in [-0.4, -0.2) is 44.7 Å².